The van der Waals surface area contributed by atoms with Gasteiger partial charge in [-0.3, -0.25) is 9.36 Å². The van der Waals surface area contributed by atoms with E-state index in [1.165, 1.54) is 11.8 Å². The molecule has 7 nitrogen and oxygen atoms in total. The van der Waals surface area contributed by atoms with Crippen LogP contribution in [0.1, 0.15) is 5.89 Å². The molecule has 5 aromatic rings. The number of aromatic nitrogens is 4. The van der Waals surface area contributed by atoms with Gasteiger partial charge in [0.05, 0.1) is 35.7 Å². The molecule has 0 saturated heterocycles. The van der Waals surface area contributed by atoms with Gasteiger partial charge in [0.25, 0.3) is 5.56 Å². The fraction of sp³-hybridized carbons (Fsp3) is 0.0833. The van der Waals surface area contributed by atoms with Gasteiger partial charge in [-0.1, -0.05) is 42.1 Å². The molecule has 0 saturated carbocycles. The zero-order valence-corrected chi connectivity index (χ0v) is 18.0. The fourth-order valence-corrected chi connectivity index (χ4v) is 4.23. The molecule has 0 atom stereocenters. The number of ether oxygens (including phenoxy) is 1. The van der Waals surface area contributed by atoms with Crippen LogP contribution in [0.5, 0.6) is 5.75 Å². The molecule has 0 N–H and O–H groups in total. The zero-order chi connectivity index (χ0) is 21.9. The number of oxazole rings is 1. The summed E-state index contributed by atoms with van der Waals surface area (Å²) in [5.41, 5.74) is 1.81. The maximum atomic E-state index is 13.2. The number of rotatable bonds is 6. The van der Waals surface area contributed by atoms with Gasteiger partial charge in [0.2, 0.25) is 5.89 Å². The van der Waals surface area contributed by atoms with Crippen LogP contribution in [0.25, 0.3) is 28.0 Å². The number of pyridine rings is 1. The Labute approximate surface area is 187 Å². The number of hydrogen-bond donors (Lipinski definition) is 0. The normalized spacial score (nSPS) is 11.0. The van der Waals surface area contributed by atoms with E-state index >= 15 is 0 Å². The molecule has 0 aliphatic heterocycles. The second-order valence-corrected chi connectivity index (χ2v) is 7.79. The van der Waals surface area contributed by atoms with E-state index in [2.05, 4.69) is 15.0 Å². The van der Waals surface area contributed by atoms with Crippen molar-refractivity contribution in [1.82, 2.24) is 19.5 Å². The van der Waals surface area contributed by atoms with Crippen LogP contribution in [-0.4, -0.2) is 26.6 Å². The van der Waals surface area contributed by atoms with Crippen molar-refractivity contribution in [2.24, 2.45) is 0 Å². The Kier molecular flexibility index (Phi) is 5.43. The molecule has 0 radical (unpaired) electrons. The van der Waals surface area contributed by atoms with Crippen molar-refractivity contribution >= 4 is 22.8 Å². The van der Waals surface area contributed by atoms with E-state index < -0.39 is 0 Å². The van der Waals surface area contributed by atoms with Gasteiger partial charge in [-0.25, -0.2) is 15.0 Å². The first-order valence-electron chi connectivity index (χ1n) is 9.88. The summed E-state index contributed by atoms with van der Waals surface area (Å²) < 4.78 is 13.0. The number of thioether (sulfide) groups is 1. The van der Waals surface area contributed by atoms with Gasteiger partial charge in [0.1, 0.15) is 5.75 Å². The first-order chi connectivity index (χ1) is 15.7. The summed E-state index contributed by atoms with van der Waals surface area (Å²) in [4.78, 5) is 26.5. The van der Waals surface area contributed by atoms with E-state index in [1.54, 1.807) is 36.2 Å². The number of methoxy groups -OCH3 is 1. The summed E-state index contributed by atoms with van der Waals surface area (Å²) in [7, 11) is 1.62. The second-order valence-electron chi connectivity index (χ2n) is 6.85. The van der Waals surface area contributed by atoms with E-state index in [9.17, 15) is 4.79 Å². The van der Waals surface area contributed by atoms with Gasteiger partial charge in [-0.15, -0.1) is 0 Å². The average Bonchev–Trinajstić information content (AvgIpc) is 3.32. The number of nitrogens with zero attached hydrogens (tertiary/aromatic N) is 4. The van der Waals surface area contributed by atoms with E-state index in [0.29, 0.717) is 39.3 Å². The molecule has 0 bridgehead atoms. The van der Waals surface area contributed by atoms with Crippen LogP contribution < -0.4 is 10.3 Å². The number of para-hydroxylation sites is 2. The third kappa shape index (κ3) is 3.76. The minimum atomic E-state index is -0.168. The first kappa shape index (κ1) is 20.0. The molecule has 2 aromatic carbocycles. The Morgan fingerprint density at radius 2 is 1.81 bits per heavy atom. The third-order valence-electron chi connectivity index (χ3n) is 4.88. The lowest BCUT2D eigenvalue weighted by Crippen LogP contribution is -2.22. The van der Waals surface area contributed by atoms with E-state index in [0.717, 1.165) is 11.3 Å². The third-order valence-corrected chi connectivity index (χ3v) is 5.80. The van der Waals surface area contributed by atoms with Crippen molar-refractivity contribution in [2.75, 3.05) is 7.11 Å². The fourth-order valence-electron chi connectivity index (χ4n) is 3.38. The van der Waals surface area contributed by atoms with E-state index in [1.807, 2.05) is 54.6 Å². The number of hydrogen-bond acceptors (Lipinski definition) is 7. The van der Waals surface area contributed by atoms with Gasteiger partial charge < -0.3 is 9.15 Å². The lowest BCUT2D eigenvalue weighted by atomic mass is 10.1. The highest BCUT2D eigenvalue weighted by atomic mass is 32.2. The maximum absolute atomic E-state index is 13.2. The van der Waals surface area contributed by atoms with E-state index in [-0.39, 0.29) is 5.56 Å². The van der Waals surface area contributed by atoms with Crippen LogP contribution in [0.3, 0.4) is 0 Å². The lowest BCUT2D eigenvalue weighted by Gasteiger charge is -2.12. The summed E-state index contributed by atoms with van der Waals surface area (Å²) >= 11 is 1.37. The Morgan fingerprint density at radius 1 is 1.00 bits per heavy atom. The van der Waals surface area contributed by atoms with Gasteiger partial charge in [-0.2, -0.15) is 0 Å². The van der Waals surface area contributed by atoms with Crippen molar-refractivity contribution in [2.45, 2.75) is 10.9 Å². The van der Waals surface area contributed by atoms with Crippen molar-refractivity contribution in [3.8, 4) is 22.8 Å². The van der Waals surface area contributed by atoms with Crippen molar-refractivity contribution in [1.29, 1.82) is 0 Å². The average molecular weight is 443 g/mol. The minimum absolute atomic E-state index is 0.168. The zero-order valence-electron chi connectivity index (χ0n) is 17.1. The minimum Gasteiger partial charge on any atom is -0.496 e. The molecule has 5 rings (SSSR count). The molecule has 8 heteroatoms. The maximum Gasteiger partial charge on any atom is 0.268 e. The monoisotopic (exact) mass is 442 g/mol. The number of benzene rings is 2. The molecular formula is C24H18N4O3S. The molecule has 158 valence electrons. The molecule has 0 aliphatic carbocycles. The van der Waals surface area contributed by atoms with Crippen molar-refractivity contribution in [3.05, 3.63) is 95.4 Å². The highest BCUT2D eigenvalue weighted by Crippen LogP contribution is 2.31. The Hall–Kier alpha value is -3.91. The summed E-state index contributed by atoms with van der Waals surface area (Å²) in [5.74, 6) is 2.24. The molecule has 0 amide bonds. The SMILES string of the molecule is COc1ccccc1-c1cnc(CSc2nc3ncccc3c(=O)n2-c2ccccc2)o1. The Bertz CT molecular complexity index is 1450. The molecule has 3 heterocycles. The lowest BCUT2D eigenvalue weighted by molar-refractivity contribution is 0.414. The Morgan fingerprint density at radius 3 is 2.66 bits per heavy atom. The van der Waals surface area contributed by atoms with E-state index in [4.69, 9.17) is 9.15 Å². The standard InChI is InChI=1S/C24H18N4O3S/c1-30-19-12-6-5-10-17(19)20-14-26-21(31-20)15-32-24-27-22-18(11-7-13-25-22)23(29)28(24)16-8-3-2-4-9-16/h2-14H,15H2,1H3. The largest absolute Gasteiger partial charge is 0.496 e. The second kappa shape index (κ2) is 8.68. The predicted molar refractivity (Wildman–Crippen MR) is 123 cm³/mol. The molecule has 32 heavy (non-hydrogen) atoms. The van der Waals surface area contributed by atoms with Gasteiger partial charge in [0, 0.05) is 6.20 Å². The van der Waals surface area contributed by atoms with Gasteiger partial charge in [0.15, 0.2) is 16.6 Å². The van der Waals surface area contributed by atoms with Crippen molar-refractivity contribution in [3.63, 3.8) is 0 Å². The van der Waals surface area contributed by atoms with Crippen LogP contribution in [-0.2, 0) is 5.75 Å². The van der Waals surface area contributed by atoms with Gasteiger partial charge >= 0.3 is 0 Å². The molecular weight excluding hydrogens is 424 g/mol. The first-order valence-corrected chi connectivity index (χ1v) is 10.9. The quantitative estimate of drug-likeness (QED) is 0.277. The van der Waals surface area contributed by atoms with Crippen LogP contribution in [0.2, 0.25) is 0 Å². The number of fused-ring (bicyclic) bond motifs is 1. The summed E-state index contributed by atoms with van der Waals surface area (Å²) in [6, 6.07) is 20.5. The smallest absolute Gasteiger partial charge is 0.268 e. The predicted octanol–water partition coefficient (Wildman–Crippen LogP) is 4.74. The highest BCUT2D eigenvalue weighted by Gasteiger charge is 2.16. The summed E-state index contributed by atoms with van der Waals surface area (Å²) in [6.45, 7) is 0. The molecule has 0 spiro atoms. The molecule has 0 unspecified atom stereocenters. The Balaban J connectivity index is 1.50. The molecule has 3 aromatic heterocycles. The van der Waals surface area contributed by atoms with Crippen LogP contribution in [0, 0.1) is 0 Å². The summed E-state index contributed by atoms with van der Waals surface area (Å²) in [6.07, 6.45) is 3.30. The van der Waals surface area contributed by atoms with Crippen molar-refractivity contribution < 1.29 is 9.15 Å². The van der Waals surface area contributed by atoms with Crippen LogP contribution >= 0.6 is 11.8 Å². The molecule has 0 fully saturated rings. The topological polar surface area (TPSA) is 83.0 Å². The summed E-state index contributed by atoms with van der Waals surface area (Å²) in [5, 5.41) is 0.986. The van der Waals surface area contributed by atoms with Crippen LogP contribution in [0.15, 0.2) is 93.5 Å². The van der Waals surface area contributed by atoms with Crippen LogP contribution in [0.4, 0.5) is 0 Å². The van der Waals surface area contributed by atoms with Gasteiger partial charge in [-0.05, 0) is 36.4 Å². The highest BCUT2D eigenvalue weighted by molar-refractivity contribution is 7.98. The molecule has 0 aliphatic rings.